The second-order valence-electron chi connectivity index (χ2n) is 5.70. The first-order valence-corrected chi connectivity index (χ1v) is 8.30. The average Bonchev–Trinajstić information content (AvgIpc) is 2.98. The Labute approximate surface area is 125 Å². The Balaban J connectivity index is 2.15. The van der Waals surface area contributed by atoms with Gasteiger partial charge in [-0.25, -0.2) is 9.67 Å². The molecule has 3 rings (SSSR count). The van der Waals surface area contributed by atoms with Crippen LogP contribution >= 0.6 is 11.6 Å². The van der Waals surface area contributed by atoms with E-state index in [-0.39, 0.29) is 0 Å². The van der Waals surface area contributed by atoms with Crippen molar-refractivity contribution in [3.8, 4) is 0 Å². The summed E-state index contributed by atoms with van der Waals surface area (Å²) in [5, 5.41) is 4.63. The molecular weight excluding hydrogens is 272 g/mol. The summed E-state index contributed by atoms with van der Waals surface area (Å²) in [5.41, 5.74) is 3.31. The fraction of sp³-hybridized carbons (Fsp3) is 0.733. The van der Waals surface area contributed by atoms with Gasteiger partial charge in [-0.3, -0.25) is 0 Å². The molecule has 1 aliphatic rings. The van der Waals surface area contributed by atoms with Crippen LogP contribution in [0.15, 0.2) is 0 Å². The highest BCUT2D eigenvalue weighted by Gasteiger charge is 2.24. The fourth-order valence-electron chi connectivity index (χ4n) is 3.44. The molecule has 1 aliphatic carbocycles. The maximum atomic E-state index is 5.98. The zero-order chi connectivity index (χ0) is 14.1. The fourth-order valence-corrected chi connectivity index (χ4v) is 3.61. The van der Waals surface area contributed by atoms with Crippen molar-refractivity contribution in [3.63, 3.8) is 0 Å². The first kappa shape index (κ1) is 13.9. The van der Waals surface area contributed by atoms with Crippen LogP contribution in [0.25, 0.3) is 11.2 Å². The standard InChI is InChI=1S/C15H23ClN4/c1-3-19-15-14(11(2)18-19)17-13(9-10-16)20(15)12-7-5-4-6-8-12/h12H,3-10H2,1-2H3. The lowest BCUT2D eigenvalue weighted by Gasteiger charge is -2.25. The van der Waals surface area contributed by atoms with E-state index in [0.29, 0.717) is 11.9 Å². The van der Waals surface area contributed by atoms with Gasteiger partial charge in [0.1, 0.15) is 11.3 Å². The Kier molecular flexibility index (Phi) is 4.01. The predicted octanol–water partition coefficient (Wildman–Crippen LogP) is 3.85. The summed E-state index contributed by atoms with van der Waals surface area (Å²) in [5.74, 6) is 1.77. The van der Waals surface area contributed by atoms with Crippen molar-refractivity contribution in [2.75, 3.05) is 5.88 Å². The van der Waals surface area contributed by atoms with Gasteiger partial charge in [0.2, 0.25) is 0 Å². The number of aryl methyl sites for hydroxylation is 3. The molecule has 0 saturated heterocycles. The van der Waals surface area contributed by atoms with Crippen LogP contribution in [-0.2, 0) is 13.0 Å². The van der Waals surface area contributed by atoms with Crippen molar-refractivity contribution in [2.45, 2.75) is 65.0 Å². The topological polar surface area (TPSA) is 35.6 Å². The summed E-state index contributed by atoms with van der Waals surface area (Å²) in [4.78, 5) is 4.84. The van der Waals surface area contributed by atoms with E-state index in [1.54, 1.807) is 0 Å². The van der Waals surface area contributed by atoms with E-state index in [1.165, 1.54) is 37.8 Å². The Bertz CT molecular complexity index is 593. The van der Waals surface area contributed by atoms with E-state index >= 15 is 0 Å². The van der Waals surface area contributed by atoms with Crippen molar-refractivity contribution in [2.24, 2.45) is 0 Å². The molecule has 0 aliphatic heterocycles. The molecule has 5 heteroatoms. The summed E-state index contributed by atoms with van der Waals surface area (Å²) in [6, 6.07) is 0.577. The minimum absolute atomic E-state index is 0.577. The second kappa shape index (κ2) is 5.76. The zero-order valence-corrected chi connectivity index (χ0v) is 13.2. The molecule has 110 valence electrons. The number of halogens is 1. The quantitative estimate of drug-likeness (QED) is 0.803. The van der Waals surface area contributed by atoms with Crippen molar-refractivity contribution in [1.29, 1.82) is 0 Å². The van der Waals surface area contributed by atoms with Gasteiger partial charge in [0, 0.05) is 24.9 Å². The molecule has 0 amide bonds. The first-order chi connectivity index (χ1) is 9.76. The number of hydrogen-bond donors (Lipinski definition) is 0. The number of fused-ring (bicyclic) bond motifs is 1. The molecule has 4 nitrogen and oxygen atoms in total. The highest BCUT2D eigenvalue weighted by molar-refractivity contribution is 6.17. The normalized spacial score (nSPS) is 17.1. The van der Waals surface area contributed by atoms with Gasteiger partial charge in [0.25, 0.3) is 0 Å². The van der Waals surface area contributed by atoms with Crippen molar-refractivity contribution < 1.29 is 0 Å². The Morgan fingerprint density at radius 3 is 2.65 bits per heavy atom. The third kappa shape index (κ3) is 2.24. The van der Waals surface area contributed by atoms with Crippen LogP contribution in [-0.4, -0.2) is 25.2 Å². The largest absolute Gasteiger partial charge is 0.310 e. The molecule has 0 aromatic carbocycles. The van der Waals surface area contributed by atoms with Gasteiger partial charge in [-0.2, -0.15) is 5.10 Å². The van der Waals surface area contributed by atoms with E-state index in [0.717, 1.165) is 30.0 Å². The Morgan fingerprint density at radius 1 is 1.25 bits per heavy atom. The number of aromatic nitrogens is 4. The maximum Gasteiger partial charge on any atom is 0.159 e. The number of rotatable bonds is 4. The summed E-state index contributed by atoms with van der Waals surface area (Å²) in [6.07, 6.45) is 7.37. The SMILES string of the molecule is CCn1nc(C)c2nc(CCCl)n(C3CCCCC3)c21. The van der Waals surface area contributed by atoms with Crippen LogP contribution < -0.4 is 0 Å². The highest BCUT2D eigenvalue weighted by atomic mass is 35.5. The third-order valence-electron chi connectivity index (χ3n) is 4.37. The van der Waals surface area contributed by atoms with Crippen LogP contribution in [0, 0.1) is 6.92 Å². The molecule has 0 radical (unpaired) electrons. The van der Waals surface area contributed by atoms with Gasteiger partial charge >= 0.3 is 0 Å². The van der Waals surface area contributed by atoms with Crippen LogP contribution in [0.1, 0.15) is 56.6 Å². The molecule has 0 unspecified atom stereocenters. The van der Waals surface area contributed by atoms with Gasteiger partial charge in [-0.1, -0.05) is 19.3 Å². The zero-order valence-electron chi connectivity index (χ0n) is 12.4. The molecule has 2 aromatic heterocycles. The number of hydrogen-bond acceptors (Lipinski definition) is 2. The van der Waals surface area contributed by atoms with Crippen molar-refractivity contribution >= 4 is 22.8 Å². The third-order valence-corrected chi connectivity index (χ3v) is 4.56. The Morgan fingerprint density at radius 2 is 2.00 bits per heavy atom. The van der Waals surface area contributed by atoms with Crippen LogP contribution in [0.2, 0.25) is 0 Å². The average molecular weight is 295 g/mol. The van der Waals surface area contributed by atoms with Crippen molar-refractivity contribution in [1.82, 2.24) is 19.3 Å². The number of nitrogens with zero attached hydrogens (tertiary/aromatic N) is 4. The molecule has 20 heavy (non-hydrogen) atoms. The monoisotopic (exact) mass is 294 g/mol. The van der Waals surface area contributed by atoms with Crippen LogP contribution in [0.5, 0.6) is 0 Å². The molecule has 0 N–H and O–H groups in total. The minimum Gasteiger partial charge on any atom is -0.310 e. The van der Waals surface area contributed by atoms with E-state index in [2.05, 4.69) is 28.2 Å². The van der Waals surface area contributed by atoms with Gasteiger partial charge in [0.15, 0.2) is 5.65 Å². The number of alkyl halides is 1. The summed E-state index contributed by atoms with van der Waals surface area (Å²) < 4.78 is 4.55. The van der Waals surface area contributed by atoms with E-state index in [1.807, 2.05) is 0 Å². The van der Waals surface area contributed by atoms with Gasteiger partial charge < -0.3 is 4.57 Å². The van der Waals surface area contributed by atoms with Crippen molar-refractivity contribution in [3.05, 3.63) is 11.5 Å². The summed E-state index contributed by atoms with van der Waals surface area (Å²) in [7, 11) is 0. The van der Waals surface area contributed by atoms with Gasteiger partial charge in [-0.15, -0.1) is 11.6 Å². The maximum absolute atomic E-state index is 5.98. The number of imidazole rings is 1. The Hall–Kier alpha value is -1.03. The van der Waals surface area contributed by atoms with Crippen LogP contribution in [0.4, 0.5) is 0 Å². The predicted molar refractivity (Wildman–Crippen MR) is 82.5 cm³/mol. The van der Waals surface area contributed by atoms with E-state index < -0.39 is 0 Å². The van der Waals surface area contributed by atoms with E-state index in [9.17, 15) is 0 Å². The smallest absolute Gasteiger partial charge is 0.159 e. The van der Waals surface area contributed by atoms with Gasteiger partial charge in [0.05, 0.1) is 5.69 Å². The molecule has 2 heterocycles. The summed E-state index contributed by atoms with van der Waals surface area (Å²) in [6.45, 7) is 5.09. The molecular formula is C15H23ClN4. The molecule has 1 fully saturated rings. The molecule has 0 bridgehead atoms. The van der Waals surface area contributed by atoms with E-state index in [4.69, 9.17) is 16.6 Å². The summed E-state index contributed by atoms with van der Waals surface area (Å²) >= 11 is 5.98. The molecule has 2 aromatic rings. The lowest BCUT2D eigenvalue weighted by molar-refractivity contribution is 0.349. The minimum atomic E-state index is 0.577. The molecule has 0 spiro atoms. The van der Waals surface area contributed by atoms with Gasteiger partial charge in [-0.05, 0) is 26.7 Å². The first-order valence-electron chi connectivity index (χ1n) is 7.76. The second-order valence-corrected chi connectivity index (χ2v) is 6.08. The lowest BCUT2D eigenvalue weighted by Crippen LogP contribution is -2.18. The van der Waals surface area contributed by atoms with Crippen LogP contribution in [0.3, 0.4) is 0 Å². The highest BCUT2D eigenvalue weighted by Crippen LogP contribution is 2.33. The lowest BCUT2D eigenvalue weighted by atomic mass is 9.95. The molecule has 1 saturated carbocycles. The molecule has 0 atom stereocenters.